The number of aliphatic imine (C=N–C) groups is 1. The number of benzene rings is 2. The number of rotatable bonds is 5. The van der Waals surface area contributed by atoms with E-state index in [1.807, 2.05) is 57.2 Å². The normalized spacial score (nSPS) is 11.5. The highest BCUT2D eigenvalue weighted by atomic mass is 127. The molecular weight excluding hydrogens is 413 g/mol. The highest BCUT2D eigenvalue weighted by Gasteiger charge is 2.09. The fourth-order valence-corrected chi connectivity index (χ4v) is 2.19. The topological polar surface area (TPSA) is 59.6 Å². The first-order chi connectivity index (χ1) is 11.0. The van der Waals surface area contributed by atoms with Gasteiger partial charge >= 0.3 is 0 Å². The molecule has 3 N–H and O–H groups in total. The van der Waals surface area contributed by atoms with Gasteiger partial charge in [-0.3, -0.25) is 0 Å². The lowest BCUT2D eigenvalue weighted by Gasteiger charge is -2.21. The van der Waals surface area contributed by atoms with Crippen LogP contribution in [0.1, 0.15) is 20.8 Å². The molecule has 0 unspecified atom stereocenters. The average Bonchev–Trinajstić information content (AvgIpc) is 2.51. The third-order valence-corrected chi connectivity index (χ3v) is 3.11. The maximum atomic E-state index is 5.88. The minimum Gasteiger partial charge on any atom is -0.491 e. The molecule has 0 heterocycles. The number of ether oxygens (including phenoxy) is 1. The molecular formula is C19H26IN3O. The molecule has 0 spiro atoms. The van der Waals surface area contributed by atoms with Gasteiger partial charge < -0.3 is 15.8 Å². The molecule has 4 nitrogen and oxygen atoms in total. The summed E-state index contributed by atoms with van der Waals surface area (Å²) in [6, 6.07) is 18.2. The van der Waals surface area contributed by atoms with Crippen molar-refractivity contribution in [1.82, 2.24) is 5.32 Å². The summed E-state index contributed by atoms with van der Waals surface area (Å²) >= 11 is 0. The molecule has 2 rings (SSSR count). The number of nitrogens with one attached hydrogen (secondary N) is 1. The van der Waals surface area contributed by atoms with Crippen LogP contribution in [0.2, 0.25) is 0 Å². The number of guanidine groups is 1. The minimum absolute atomic E-state index is 0. The third-order valence-electron chi connectivity index (χ3n) is 3.11. The molecule has 24 heavy (non-hydrogen) atoms. The minimum atomic E-state index is -0.0889. The van der Waals surface area contributed by atoms with Gasteiger partial charge in [0.2, 0.25) is 0 Å². The van der Waals surface area contributed by atoms with Crippen LogP contribution >= 0.6 is 24.0 Å². The lowest BCUT2D eigenvalue weighted by atomic mass is 10.1. The van der Waals surface area contributed by atoms with Crippen LogP contribution in [0.5, 0.6) is 5.75 Å². The summed E-state index contributed by atoms with van der Waals surface area (Å²) in [5.74, 6) is 1.30. The molecule has 0 aromatic heterocycles. The van der Waals surface area contributed by atoms with Crippen molar-refractivity contribution >= 4 is 29.9 Å². The monoisotopic (exact) mass is 439 g/mol. The Hall–Kier alpha value is -1.76. The van der Waals surface area contributed by atoms with E-state index in [2.05, 4.69) is 28.5 Å². The molecule has 0 radical (unpaired) electrons. The number of hydrogen-bond acceptors (Lipinski definition) is 2. The van der Waals surface area contributed by atoms with Gasteiger partial charge in [0.25, 0.3) is 0 Å². The summed E-state index contributed by atoms with van der Waals surface area (Å²) in [7, 11) is 0. The second-order valence-corrected chi connectivity index (χ2v) is 6.35. The predicted octanol–water partition coefficient (Wildman–Crippen LogP) is 4.05. The number of nitrogens with zero attached hydrogens (tertiary/aromatic N) is 1. The first-order valence-electron chi connectivity index (χ1n) is 7.81. The van der Waals surface area contributed by atoms with E-state index in [1.54, 1.807) is 0 Å². The Labute approximate surface area is 161 Å². The van der Waals surface area contributed by atoms with Crippen molar-refractivity contribution in [3.8, 4) is 16.9 Å². The van der Waals surface area contributed by atoms with Crippen LogP contribution in [0.3, 0.4) is 0 Å². The van der Waals surface area contributed by atoms with Crippen LogP contribution in [-0.2, 0) is 0 Å². The van der Waals surface area contributed by atoms with Crippen molar-refractivity contribution in [3.05, 3.63) is 54.6 Å². The number of nitrogens with two attached hydrogens (primary N) is 1. The Balaban J connectivity index is 0.00000288. The maximum absolute atomic E-state index is 5.88. The van der Waals surface area contributed by atoms with E-state index in [0.29, 0.717) is 19.1 Å². The first kappa shape index (κ1) is 20.3. The molecule has 130 valence electrons. The average molecular weight is 439 g/mol. The zero-order chi connectivity index (χ0) is 16.7. The SMILES string of the molecule is CC(C)(C)NC(N)=NCCOc1ccccc1-c1ccccc1.I. The molecule has 0 bridgehead atoms. The van der Waals surface area contributed by atoms with E-state index >= 15 is 0 Å². The lowest BCUT2D eigenvalue weighted by molar-refractivity contribution is 0.329. The first-order valence-corrected chi connectivity index (χ1v) is 7.81. The highest BCUT2D eigenvalue weighted by Crippen LogP contribution is 2.29. The number of halogens is 1. The molecule has 0 saturated carbocycles. The summed E-state index contributed by atoms with van der Waals surface area (Å²) < 4.78 is 5.88. The van der Waals surface area contributed by atoms with Gasteiger partial charge in [0, 0.05) is 11.1 Å². The van der Waals surface area contributed by atoms with Crippen LogP contribution in [0.25, 0.3) is 11.1 Å². The van der Waals surface area contributed by atoms with Crippen LogP contribution in [0.4, 0.5) is 0 Å². The van der Waals surface area contributed by atoms with Crippen LogP contribution in [-0.4, -0.2) is 24.7 Å². The van der Waals surface area contributed by atoms with Crippen molar-refractivity contribution in [2.24, 2.45) is 10.7 Å². The van der Waals surface area contributed by atoms with Crippen molar-refractivity contribution in [1.29, 1.82) is 0 Å². The van der Waals surface area contributed by atoms with Crippen molar-refractivity contribution in [3.63, 3.8) is 0 Å². The zero-order valence-corrected chi connectivity index (χ0v) is 16.8. The maximum Gasteiger partial charge on any atom is 0.189 e. The van der Waals surface area contributed by atoms with E-state index in [0.717, 1.165) is 16.9 Å². The summed E-state index contributed by atoms with van der Waals surface area (Å²) in [6.45, 7) is 7.13. The fourth-order valence-electron chi connectivity index (χ4n) is 2.19. The van der Waals surface area contributed by atoms with E-state index in [1.165, 1.54) is 0 Å². The van der Waals surface area contributed by atoms with E-state index < -0.39 is 0 Å². The molecule has 0 aliphatic heterocycles. The molecule has 0 aliphatic rings. The highest BCUT2D eigenvalue weighted by molar-refractivity contribution is 14.0. The Morgan fingerprint density at radius 1 is 1.04 bits per heavy atom. The van der Waals surface area contributed by atoms with Gasteiger partial charge in [-0.15, -0.1) is 24.0 Å². The van der Waals surface area contributed by atoms with E-state index in [4.69, 9.17) is 10.5 Å². The molecule has 2 aromatic rings. The van der Waals surface area contributed by atoms with E-state index in [-0.39, 0.29) is 29.5 Å². The summed E-state index contributed by atoms with van der Waals surface area (Å²) in [6.07, 6.45) is 0. The van der Waals surface area contributed by atoms with Gasteiger partial charge in [0.05, 0.1) is 6.54 Å². The smallest absolute Gasteiger partial charge is 0.189 e. The zero-order valence-electron chi connectivity index (χ0n) is 14.5. The summed E-state index contributed by atoms with van der Waals surface area (Å²) in [4.78, 5) is 4.29. The van der Waals surface area contributed by atoms with Crippen LogP contribution in [0.15, 0.2) is 59.6 Å². The fraction of sp³-hybridized carbons (Fsp3) is 0.316. The third kappa shape index (κ3) is 6.78. The van der Waals surface area contributed by atoms with Crippen molar-refractivity contribution in [2.75, 3.05) is 13.2 Å². The molecule has 0 atom stereocenters. The second kappa shape index (κ2) is 9.52. The van der Waals surface area contributed by atoms with Gasteiger partial charge in [0.15, 0.2) is 5.96 Å². The van der Waals surface area contributed by atoms with Crippen LogP contribution < -0.4 is 15.8 Å². The lowest BCUT2D eigenvalue weighted by Crippen LogP contribution is -2.45. The van der Waals surface area contributed by atoms with Gasteiger partial charge in [-0.05, 0) is 32.4 Å². The van der Waals surface area contributed by atoms with Gasteiger partial charge in [-0.25, -0.2) is 4.99 Å². The molecule has 0 amide bonds. The molecule has 0 saturated heterocycles. The molecule has 5 heteroatoms. The number of hydrogen-bond donors (Lipinski definition) is 2. The summed E-state index contributed by atoms with van der Waals surface area (Å²) in [5, 5.41) is 3.13. The van der Waals surface area contributed by atoms with Gasteiger partial charge in [-0.1, -0.05) is 48.5 Å². The predicted molar refractivity (Wildman–Crippen MR) is 112 cm³/mol. The second-order valence-electron chi connectivity index (χ2n) is 6.35. The summed E-state index contributed by atoms with van der Waals surface area (Å²) in [5.41, 5.74) is 7.98. The Bertz CT molecular complexity index is 651. The van der Waals surface area contributed by atoms with Gasteiger partial charge in [0.1, 0.15) is 12.4 Å². The Morgan fingerprint density at radius 3 is 2.33 bits per heavy atom. The largest absolute Gasteiger partial charge is 0.491 e. The van der Waals surface area contributed by atoms with E-state index in [9.17, 15) is 0 Å². The standard InChI is InChI=1S/C19H25N3O.HI/c1-19(2,3)22-18(20)21-13-14-23-17-12-8-7-11-16(17)15-9-5-4-6-10-15;/h4-12H,13-14H2,1-3H3,(H3,20,21,22);1H. The molecule has 2 aromatic carbocycles. The van der Waals surface area contributed by atoms with Gasteiger partial charge in [-0.2, -0.15) is 0 Å². The van der Waals surface area contributed by atoms with Crippen molar-refractivity contribution < 1.29 is 4.74 Å². The van der Waals surface area contributed by atoms with Crippen molar-refractivity contribution in [2.45, 2.75) is 26.3 Å². The quantitative estimate of drug-likeness (QED) is 0.320. The molecule has 0 aliphatic carbocycles. The Morgan fingerprint density at radius 2 is 1.67 bits per heavy atom. The number of para-hydroxylation sites is 1. The Kier molecular flexibility index (Phi) is 8.04. The van der Waals surface area contributed by atoms with Crippen LogP contribution in [0, 0.1) is 0 Å². The molecule has 0 fully saturated rings.